The van der Waals surface area contributed by atoms with Crippen molar-refractivity contribution in [1.82, 2.24) is 4.98 Å². The number of carbonyl (C=O) groups is 1. The summed E-state index contributed by atoms with van der Waals surface area (Å²) in [5.41, 5.74) is 2.96. The molecule has 0 aliphatic carbocycles. The van der Waals surface area contributed by atoms with Crippen LogP contribution in [0.15, 0.2) is 72.9 Å². The van der Waals surface area contributed by atoms with Crippen LogP contribution in [0.25, 0.3) is 0 Å². The molecule has 0 spiro atoms. The van der Waals surface area contributed by atoms with Gasteiger partial charge in [0.25, 0.3) is 0 Å². The van der Waals surface area contributed by atoms with Crippen molar-refractivity contribution in [1.29, 1.82) is 0 Å². The van der Waals surface area contributed by atoms with Crippen LogP contribution >= 0.6 is 0 Å². The first-order valence-electron chi connectivity index (χ1n) is 9.08. The second-order valence-electron chi connectivity index (χ2n) is 6.46. The maximum absolute atomic E-state index is 12.0. The average molecular weight is 376 g/mol. The van der Waals surface area contributed by atoms with Gasteiger partial charge >= 0.3 is 0 Å². The van der Waals surface area contributed by atoms with Crippen LogP contribution in [-0.2, 0) is 4.79 Å². The Morgan fingerprint density at radius 2 is 1.68 bits per heavy atom. The first-order chi connectivity index (χ1) is 13.6. The van der Waals surface area contributed by atoms with Gasteiger partial charge in [-0.05, 0) is 48.5 Å². The third-order valence-corrected chi connectivity index (χ3v) is 4.04. The molecule has 3 rings (SSSR count). The van der Waals surface area contributed by atoms with Crippen molar-refractivity contribution < 1.29 is 9.53 Å². The summed E-state index contributed by atoms with van der Waals surface area (Å²) in [6.45, 7) is 0.318. The molecule has 28 heavy (non-hydrogen) atoms. The number of hydrogen-bond acceptors (Lipinski definition) is 5. The summed E-state index contributed by atoms with van der Waals surface area (Å²) in [6.07, 6.45) is 1.95. The van der Waals surface area contributed by atoms with Crippen LogP contribution in [0.1, 0.15) is 6.42 Å². The molecule has 0 bridgehead atoms. The number of carbonyl (C=O) groups excluding carboxylic acids is 1. The summed E-state index contributed by atoms with van der Waals surface area (Å²) in [5.74, 6) is 1.13. The topological polar surface area (TPSA) is 66.5 Å². The lowest BCUT2D eigenvalue weighted by Gasteiger charge is -2.13. The Morgan fingerprint density at radius 3 is 2.32 bits per heavy atom. The Bertz CT molecular complexity index is 879. The number of nitrogens with one attached hydrogen (secondary N) is 2. The van der Waals surface area contributed by atoms with E-state index in [4.69, 9.17) is 4.74 Å². The lowest BCUT2D eigenvalue weighted by molar-refractivity contribution is -0.116. The SMILES string of the molecule is CN(C)c1ccc(Nc2ccc(NC(=O)CCOc3ccccc3)nc2)cc1. The van der Waals surface area contributed by atoms with Crippen LogP contribution in [0, 0.1) is 0 Å². The zero-order valence-corrected chi connectivity index (χ0v) is 16.1. The Hall–Kier alpha value is -3.54. The summed E-state index contributed by atoms with van der Waals surface area (Å²) in [6, 6.07) is 21.2. The van der Waals surface area contributed by atoms with Crippen molar-refractivity contribution in [2.45, 2.75) is 6.42 Å². The quantitative estimate of drug-likeness (QED) is 0.614. The lowest BCUT2D eigenvalue weighted by atomic mass is 10.2. The second kappa shape index (κ2) is 9.41. The third kappa shape index (κ3) is 5.74. The molecule has 3 aromatic rings. The summed E-state index contributed by atoms with van der Waals surface area (Å²) in [7, 11) is 4.01. The predicted octanol–water partition coefficient (Wildman–Crippen LogP) is 4.30. The number of nitrogens with zero attached hydrogens (tertiary/aromatic N) is 2. The van der Waals surface area contributed by atoms with E-state index in [-0.39, 0.29) is 12.3 Å². The van der Waals surface area contributed by atoms with Crippen LogP contribution in [0.3, 0.4) is 0 Å². The van der Waals surface area contributed by atoms with Crippen molar-refractivity contribution in [2.75, 3.05) is 36.2 Å². The standard InChI is InChI=1S/C22H24N4O2/c1-26(2)19-11-8-17(9-12-19)24-18-10-13-21(23-16-18)25-22(27)14-15-28-20-6-4-3-5-7-20/h3-13,16,24H,14-15H2,1-2H3,(H,23,25,27). The number of amides is 1. The molecular formula is C22H24N4O2. The molecule has 2 N–H and O–H groups in total. The minimum Gasteiger partial charge on any atom is -0.493 e. The molecule has 0 saturated heterocycles. The van der Waals surface area contributed by atoms with Crippen LogP contribution in [-0.4, -0.2) is 31.6 Å². The van der Waals surface area contributed by atoms with Gasteiger partial charge < -0.3 is 20.3 Å². The molecular weight excluding hydrogens is 352 g/mol. The summed E-state index contributed by atoms with van der Waals surface area (Å²) < 4.78 is 5.53. The van der Waals surface area contributed by atoms with E-state index in [1.807, 2.05) is 79.7 Å². The van der Waals surface area contributed by atoms with Gasteiger partial charge in [-0.25, -0.2) is 4.98 Å². The van der Waals surface area contributed by atoms with Gasteiger partial charge in [-0.1, -0.05) is 18.2 Å². The van der Waals surface area contributed by atoms with E-state index in [2.05, 4.69) is 15.6 Å². The minimum absolute atomic E-state index is 0.136. The average Bonchev–Trinajstić information content (AvgIpc) is 2.71. The zero-order valence-electron chi connectivity index (χ0n) is 16.1. The summed E-state index contributed by atoms with van der Waals surface area (Å²) in [5, 5.41) is 6.07. The first kappa shape index (κ1) is 19.2. The van der Waals surface area contributed by atoms with Gasteiger partial charge in [0.2, 0.25) is 5.91 Å². The number of benzene rings is 2. The molecule has 0 saturated carbocycles. The number of aromatic nitrogens is 1. The fourth-order valence-electron chi connectivity index (χ4n) is 2.53. The molecule has 0 unspecified atom stereocenters. The van der Waals surface area contributed by atoms with Crippen molar-refractivity contribution in [3.05, 3.63) is 72.9 Å². The molecule has 1 aromatic heterocycles. The number of hydrogen-bond donors (Lipinski definition) is 2. The largest absolute Gasteiger partial charge is 0.493 e. The van der Waals surface area contributed by atoms with E-state index in [9.17, 15) is 4.79 Å². The number of rotatable bonds is 8. The molecule has 0 aliphatic rings. The highest BCUT2D eigenvalue weighted by molar-refractivity contribution is 5.89. The van der Waals surface area contributed by atoms with E-state index in [0.29, 0.717) is 12.4 Å². The van der Waals surface area contributed by atoms with Gasteiger partial charge in [0.05, 0.1) is 24.9 Å². The Balaban J connectivity index is 1.46. The zero-order chi connectivity index (χ0) is 19.8. The summed E-state index contributed by atoms with van der Waals surface area (Å²) >= 11 is 0. The number of anilines is 4. The highest BCUT2D eigenvalue weighted by Gasteiger charge is 2.05. The highest BCUT2D eigenvalue weighted by atomic mass is 16.5. The van der Waals surface area contributed by atoms with Crippen molar-refractivity contribution in [3.8, 4) is 5.75 Å². The molecule has 2 aromatic carbocycles. The molecule has 144 valence electrons. The fourth-order valence-corrected chi connectivity index (χ4v) is 2.53. The minimum atomic E-state index is -0.136. The maximum atomic E-state index is 12.0. The third-order valence-electron chi connectivity index (χ3n) is 4.04. The van der Waals surface area contributed by atoms with Crippen LogP contribution in [0.4, 0.5) is 22.9 Å². The molecule has 0 radical (unpaired) electrons. The van der Waals surface area contributed by atoms with Crippen molar-refractivity contribution in [3.63, 3.8) is 0 Å². The smallest absolute Gasteiger partial charge is 0.228 e. The molecule has 0 aliphatic heterocycles. The fraction of sp³-hybridized carbons (Fsp3) is 0.182. The Morgan fingerprint density at radius 1 is 0.964 bits per heavy atom. The normalized spacial score (nSPS) is 10.2. The number of para-hydroxylation sites is 1. The van der Waals surface area contributed by atoms with E-state index < -0.39 is 0 Å². The molecule has 1 heterocycles. The highest BCUT2D eigenvalue weighted by Crippen LogP contribution is 2.20. The first-order valence-corrected chi connectivity index (χ1v) is 9.08. The van der Waals surface area contributed by atoms with Gasteiger partial charge in [-0.2, -0.15) is 0 Å². The molecule has 6 heteroatoms. The van der Waals surface area contributed by atoms with Gasteiger partial charge in [0.1, 0.15) is 11.6 Å². The summed E-state index contributed by atoms with van der Waals surface area (Å²) in [4.78, 5) is 18.3. The van der Waals surface area contributed by atoms with Gasteiger partial charge in [-0.15, -0.1) is 0 Å². The lowest BCUT2D eigenvalue weighted by Crippen LogP contribution is -2.16. The van der Waals surface area contributed by atoms with Gasteiger partial charge in [-0.3, -0.25) is 4.79 Å². The van der Waals surface area contributed by atoms with E-state index in [1.54, 1.807) is 12.3 Å². The van der Waals surface area contributed by atoms with Crippen LogP contribution in [0.5, 0.6) is 5.75 Å². The van der Waals surface area contributed by atoms with E-state index >= 15 is 0 Å². The van der Waals surface area contributed by atoms with E-state index in [1.165, 1.54) is 0 Å². The van der Waals surface area contributed by atoms with Crippen LogP contribution < -0.4 is 20.3 Å². The molecule has 0 fully saturated rings. The molecule has 1 amide bonds. The van der Waals surface area contributed by atoms with Crippen molar-refractivity contribution >= 4 is 28.8 Å². The van der Waals surface area contributed by atoms with Gasteiger partial charge in [0.15, 0.2) is 0 Å². The van der Waals surface area contributed by atoms with E-state index in [0.717, 1.165) is 22.8 Å². The second-order valence-corrected chi connectivity index (χ2v) is 6.46. The number of pyridine rings is 1. The monoisotopic (exact) mass is 376 g/mol. The predicted molar refractivity (Wildman–Crippen MR) is 113 cm³/mol. The molecule has 6 nitrogen and oxygen atoms in total. The maximum Gasteiger partial charge on any atom is 0.228 e. The Labute approximate surface area is 165 Å². The number of ether oxygens (including phenoxy) is 1. The van der Waals surface area contributed by atoms with Gasteiger partial charge in [0, 0.05) is 25.5 Å². The van der Waals surface area contributed by atoms with Crippen molar-refractivity contribution in [2.24, 2.45) is 0 Å². The Kier molecular flexibility index (Phi) is 6.46. The van der Waals surface area contributed by atoms with Crippen LogP contribution in [0.2, 0.25) is 0 Å². The molecule has 0 atom stereocenters.